The van der Waals surface area contributed by atoms with Crippen molar-refractivity contribution >= 4 is 51.1 Å². The lowest BCUT2D eigenvalue weighted by Gasteiger charge is -2.08. The van der Waals surface area contributed by atoms with E-state index in [2.05, 4.69) is 25.6 Å². The van der Waals surface area contributed by atoms with E-state index in [4.69, 9.17) is 0 Å². The average molecular weight is 463 g/mol. The fourth-order valence-electron chi connectivity index (χ4n) is 3.04. The molecule has 1 aliphatic heterocycles. The Morgan fingerprint density at radius 2 is 2.00 bits per heavy atom. The van der Waals surface area contributed by atoms with Crippen molar-refractivity contribution in [1.82, 2.24) is 4.98 Å². The minimum Gasteiger partial charge on any atom is -0.326 e. The number of carbonyl (C=O) groups excluding carboxylic acids is 2. The molecule has 166 valence electrons. The van der Waals surface area contributed by atoms with Crippen LogP contribution in [-0.4, -0.2) is 33.5 Å². The van der Waals surface area contributed by atoms with Crippen molar-refractivity contribution in [3.05, 3.63) is 64.0 Å². The van der Waals surface area contributed by atoms with Crippen LogP contribution in [0.1, 0.15) is 13.8 Å². The van der Waals surface area contributed by atoms with Gasteiger partial charge in [0.25, 0.3) is 11.6 Å². The minimum atomic E-state index is -0.884. The first kappa shape index (κ1) is 21.9. The van der Waals surface area contributed by atoms with Crippen LogP contribution in [0.2, 0.25) is 0 Å². The molecule has 0 bridgehead atoms. The number of hydrogen-bond acceptors (Lipinski definition) is 9. The zero-order chi connectivity index (χ0) is 23.5. The van der Waals surface area contributed by atoms with Gasteiger partial charge in [0.2, 0.25) is 11.0 Å². The number of anilines is 2. The number of azo groups is 1. The summed E-state index contributed by atoms with van der Waals surface area (Å²) in [7, 11) is 0. The number of hydrazone groups is 1. The maximum Gasteiger partial charge on any atom is 0.282 e. The Hall–Kier alpha value is -4.32. The van der Waals surface area contributed by atoms with E-state index in [0.29, 0.717) is 33.5 Å². The van der Waals surface area contributed by atoms with Gasteiger partial charge in [-0.15, -0.1) is 11.3 Å². The van der Waals surface area contributed by atoms with Crippen molar-refractivity contribution in [3.63, 3.8) is 0 Å². The zero-order valence-electron chi connectivity index (χ0n) is 17.5. The summed E-state index contributed by atoms with van der Waals surface area (Å²) in [5.74, 6) is -0.574. The van der Waals surface area contributed by atoms with Crippen LogP contribution in [-0.2, 0) is 9.59 Å². The van der Waals surface area contributed by atoms with E-state index in [1.54, 1.807) is 48.7 Å². The van der Waals surface area contributed by atoms with Gasteiger partial charge >= 0.3 is 0 Å². The summed E-state index contributed by atoms with van der Waals surface area (Å²) < 4.78 is 0. The van der Waals surface area contributed by atoms with E-state index in [1.165, 1.54) is 35.4 Å². The molecular formula is C21H17N7O4S. The summed E-state index contributed by atoms with van der Waals surface area (Å²) >= 11 is 1.19. The maximum absolute atomic E-state index is 12.9. The summed E-state index contributed by atoms with van der Waals surface area (Å²) in [5, 5.41) is 29.4. The van der Waals surface area contributed by atoms with Crippen LogP contribution in [0, 0.1) is 10.1 Å². The molecule has 0 aliphatic carbocycles. The van der Waals surface area contributed by atoms with Gasteiger partial charge in [-0.1, -0.05) is 12.1 Å². The highest BCUT2D eigenvalue weighted by atomic mass is 32.1. The summed E-state index contributed by atoms with van der Waals surface area (Å²) in [6.07, 6.45) is 0. The molecule has 2 aromatic carbocycles. The molecule has 0 radical (unpaired) electrons. The number of nitrogens with one attached hydrogen (secondary N) is 1. The Morgan fingerprint density at radius 1 is 1.24 bits per heavy atom. The van der Waals surface area contributed by atoms with Crippen molar-refractivity contribution < 1.29 is 14.5 Å². The second-order valence-corrected chi connectivity index (χ2v) is 7.90. The lowest BCUT2D eigenvalue weighted by Crippen LogP contribution is -2.29. The number of nitrogens with zero attached hydrogens (tertiary/aromatic N) is 6. The third kappa shape index (κ3) is 4.80. The third-order valence-corrected chi connectivity index (χ3v) is 5.41. The van der Waals surface area contributed by atoms with Crippen molar-refractivity contribution in [3.8, 4) is 11.3 Å². The van der Waals surface area contributed by atoms with Crippen molar-refractivity contribution in [1.29, 1.82) is 0 Å². The first-order chi connectivity index (χ1) is 15.8. The van der Waals surface area contributed by atoms with E-state index < -0.39 is 16.9 Å². The number of non-ortho nitro benzene ring substituents is 1. The second kappa shape index (κ2) is 9.04. The average Bonchev–Trinajstić information content (AvgIpc) is 3.38. The summed E-state index contributed by atoms with van der Waals surface area (Å²) in [6, 6.07) is 11.9. The molecule has 12 heteroatoms. The second-order valence-electron chi connectivity index (χ2n) is 7.06. The lowest BCUT2D eigenvalue weighted by molar-refractivity contribution is -0.384. The Bertz CT molecular complexity index is 1300. The van der Waals surface area contributed by atoms with E-state index in [0.717, 1.165) is 0 Å². The van der Waals surface area contributed by atoms with Gasteiger partial charge in [0.1, 0.15) is 0 Å². The largest absolute Gasteiger partial charge is 0.326 e. The summed E-state index contributed by atoms with van der Waals surface area (Å²) in [5.41, 5.74) is 2.64. The van der Waals surface area contributed by atoms with Gasteiger partial charge in [0.05, 0.1) is 22.0 Å². The summed E-state index contributed by atoms with van der Waals surface area (Å²) in [6.45, 7) is 3.10. The van der Waals surface area contributed by atoms with E-state index in [9.17, 15) is 19.7 Å². The topological polar surface area (TPSA) is 143 Å². The van der Waals surface area contributed by atoms with Crippen LogP contribution >= 0.6 is 11.3 Å². The van der Waals surface area contributed by atoms with Crippen LogP contribution in [0.3, 0.4) is 0 Å². The van der Waals surface area contributed by atoms with Crippen LogP contribution in [0.5, 0.6) is 0 Å². The fraction of sp³-hybridized carbons (Fsp3) is 0.143. The molecule has 1 aliphatic rings. The maximum atomic E-state index is 12.9. The molecule has 1 N–H and O–H groups in total. The standard InChI is InChI=1S/C21H17N7O4S/c1-12-19(25-24-16-8-6-15(7-9-16)22-13(2)29)20(30)27(26-12)21-23-18(11-33-21)14-4-3-5-17(10-14)28(31)32/h3-11,19H,1-2H3,(H,22,29)/t19-/m1/s1. The van der Waals surface area contributed by atoms with Gasteiger partial charge in [-0.3, -0.25) is 19.7 Å². The van der Waals surface area contributed by atoms with Crippen molar-refractivity contribution in [2.24, 2.45) is 15.3 Å². The quantitative estimate of drug-likeness (QED) is 0.324. The van der Waals surface area contributed by atoms with Crippen LogP contribution < -0.4 is 10.3 Å². The smallest absolute Gasteiger partial charge is 0.282 e. The number of aromatic nitrogens is 1. The number of nitro benzene ring substituents is 1. The Labute approximate surface area is 191 Å². The van der Waals surface area contributed by atoms with E-state index >= 15 is 0 Å². The molecule has 0 unspecified atom stereocenters. The zero-order valence-corrected chi connectivity index (χ0v) is 18.3. The molecule has 2 heterocycles. The van der Waals surface area contributed by atoms with Gasteiger partial charge in [-0.25, -0.2) is 4.98 Å². The molecule has 2 amide bonds. The first-order valence-corrected chi connectivity index (χ1v) is 10.6. The highest BCUT2D eigenvalue weighted by Crippen LogP contribution is 2.32. The predicted molar refractivity (Wildman–Crippen MR) is 124 cm³/mol. The lowest BCUT2D eigenvalue weighted by atomic mass is 10.1. The fourth-order valence-corrected chi connectivity index (χ4v) is 3.83. The number of benzene rings is 2. The van der Waals surface area contributed by atoms with Gasteiger partial charge in [-0.05, 0) is 31.2 Å². The molecular weight excluding hydrogens is 446 g/mol. The highest BCUT2D eigenvalue weighted by molar-refractivity contribution is 7.14. The van der Waals surface area contributed by atoms with Crippen LogP contribution in [0.4, 0.5) is 22.2 Å². The molecule has 1 aromatic heterocycles. The third-order valence-electron chi connectivity index (χ3n) is 4.60. The number of carbonyl (C=O) groups is 2. The van der Waals surface area contributed by atoms with Gasteiger partial charge in [0.15, 0.2) is 6.04 Å². The monoisotopic (exact) mass is 463 g/mol. The molecule has 0 saturated carbocycles. The molecule has 0 saturated heterocycles. The first-order valence-electron chi connectivity index (χ1n) is 9.70. The normalized spacial score (nSPS) is 15.7. The highest BCUT2D eigenvalue weighted by Gasteiger charge is 2.36. The Balaban J connectivity index is 1.49. The van der Waals surface area contributed by atoms with E-state index in [-0.39, 0.29) is 11.6 Å². The van der Waals surface area contributed by atoms with Gasteiger partial charge in [-0.2, -0.15) is 20.3 Å². The Morgan fingerprint density at radius 3 is 2.70 bits per heavy atom. The van der Waals surface area contributed by atoms with Gasteiger partial charge < -0.3 is 5.32 Å². The minimum absolute atomic E-state index is 0.0428. The van der Waals surface area contributed by atoms with Crippen molar-refractivity contribution in [2.45, 2.75) is 19.9 Å². The predicted octanol–water partition coefficient (Wildman–Crippen LogP) is 4.55. The molecule has 0 fully saturated rings. The summed E-state index contributed by atoms with van der Waals surface area (Å²) in [4.78, 5) is 39.0. The molecule has 3 aromatic rings. The molecule has 1 atom stereocenters. The number of rotatable bonds is 6. The number of thiazole rings is 1. The molecule has 0 spiro atoms. The van der Waals surface area contributed by atoms with E-state index in [1.807, 2.05) is 0 Å². The van der Waals surface area contributed by atoms with Crippen LogP contribution in [0.15, 0.2) is 69.2 Å². The Kier molecular flexibility index (Phi) is 6.00. The SMILES string of the molecule is CC(=O)Nc1ccc(N=N[C@H]2C(=O)N(c3nc(-c4cccc([N+](=O)[O-])c4)cs3)N=C2C)cc1. The number of nitro groups is 1. The molecule has 33 heavy (non-hydrogen) atoms. The number of amides is 2. The van der Waals surface area contributed by atoms with Crippen LogP contribution in [0.25, 0.3) is 11.3 Å². The van der Waals surface area contributed by atoms with Gasteiger partial charge in [0, 0.05) is 35.7 Å². The van der Waals surface area contributed by atoms with Crippen molar-refractivity contribution in [2.75, 3.05) is 10.3 Å². The molecule has 11 nitrogen and oxygen atoms in total. The molecule has 4 rings (SSSR count). The number of hydrogen-bond donors (Lipinski definition) is 1.